The Morgan fingerprint density at radius 2 is 2.20 bits per heavy atom. The van der Waals surface area contributed by atoms with Crippen molar-refractivity contribution >= 4 is 5.69 Å². The van der Waals surface area contributed by atoms with Crippen LogP contribution < -0.4 is 10.2 Å². The highest BCUT2D eigenvalue weighted by atomic mass is 15.2. The molecule has 0 unspecified atom stereocenters. The van der Waals surface area contributed by atoms with Gasteiger partial charge in [-0.25, -0.2) is 0 Å². The SMILES string of the molecule is CCCCN1CCNCc2ccccc21. The lowest BCUT2D eigenvalue weighted by Gasteiger charge is -2.24. The van der Waals surface area contributed by atoms with E-state index in [4.69, 9.17) is 0 Å². The highest BCUT2D eigenvalue weighted by molar-refractivity contribution is 5.54. The molecule has 0 fully saturated rings. The first-order chi connectivity index (χ1) is 7.42. The third-order valence-corrected chi connectivity index (χ3v) is 2.99. The maximum Gasteiger partial charge on any atom is 0.0412 e. The Balaban J connectivity index is 2.17. The predicted molar refractivity (Wildman–Crippen MR) is 65.3 cm³/mol. The smallest absolute Gasteiger partial charge is 0.0412 e. The fraction of sp³-hybridized carbons (Fsp3) is 0.538. The standard InChI is InChI=1S/C13H20N2/c1-2-3-9-15-10-8-14-11-12-6-4-5-7-13(12)15/h4-7,14H,2-3,8-11H2,1H3. The van der Waals surface area contributed by atoms with Crippen molar-refractivity contribution in [3.63, 3.8) is 0 Å². The zero-order valence-electron chi connectivity index (χ0n) is 9.50. The van der Waals surface area contributed by atoms with E-state index < -0.39 is 0 Å². The summed E-state index contributed by atoms with van der Waals surface area (Å²) >= 11 is 0. The molecule has 0 amide bonds. The van der Waals surface area contributed by atoms with E-state index in [0.717, 1.165) is 19.6 Å². The Morgan fingerprint density at radius 1 is 1.33 bits per heavy atom. The monoisotopic (exact) mass is 204 g/mol. The molecule has 0 aliphatic carbocycles. The van der Waals surface area contributed by atoms with E-state index in [0.29, 0.717) is 0 Å². The molecule has 1 N–H and O–H groups in total. The largest absolute Gasteiger partial charge is 0.370 e. The van der Waals surface area contributed by atoms with Gasteiger partial charge in [-0.2, -0.15) is 0 Å². The van der Waals surface area contributed by atoms with Crippen LogP contribution in [0.1, 0.15) is 25.3 Å². The average Bonchev–Trinajstić information content (AvgIpc) is 2.49. The highest BCUT2D eigenvalue weighted by Crippen LogP contribution is 2.22. The molecule has 0 spiro atoms. The molecule has 2 rings (SSSR count). The molecule has 0 aromatic heterocycles. The number of anilines is 1. The number of nitrogens with zero attached hydrogens (tertiary/aromatic N) is 1. The van der Waals surface area contributed by atoms with E-state index in [1.54, 1.807) is 0 Å². The van der Waals surface area contributed by atoms with Crippen LogP contribution in [0.2, 0.25) is 0 Å². The summed E-state index contributed by atoms with van der Waals surface area (Å²) in [6, 6.07) is 8.75. The Kier molecular flexibility index (Phi) is 3.62. The molecule has 1 aromatic carbocycles. The van der Waals surface area contributed by atoms with Gasteiger partial charge in [-0.1, -0.05) is 31.5 Å². The summed E-state index contributed by atoms with van der Waals surface area (Å²) in [6.45, 7) is 6.69. The first-order valence-corrected chi connectivity index (χ1v) is 5.95. The van der Waals surface area contributed by atoms with Crippen LogP contribution in [0.4, 0.5) is 5.69 Å². The van der Waals surface area contributed by atoms with E-state index in [1.807, 2.05) is 0 Å². The molecule has 1 aliphatic heterocycles. The van der Waals surface area contributed by atoms with Crippen LogP contribution in [-0.4, -0.2) is 19.6 Å². The average molecular weight is 204 g/mol. The zero-order chi connectivity index (χ0) is 10.5. The highest BCUT2D eigenvalue weighted by Gasteiger charge is 2.12. The molecule has 0 radical (unpaired) electrons. The van der Waals surface area contributed by atoms with Crippen LogP contribution in [0.3, 0.4) is 0 Å². The van der Waals surface area contributed by atoms with Gasteiger partial charge in [-0.3, -0.25) is 0 Å². The maximum atomic E-state index is 3.47. The molecule has 2 heteroatoms. The van der Waals surface area contributed by atoms with Crippen LogP contribution in [-0.2, 0) is 6.54 Å². The van der Waals surface area contributed by atoms with Gasteiger partial charge in [0.05, 0.1) is 0 Å². The summed E-state index contributed by atoms with van der Waals surface area (Å²) < 4.78 is 0. The molecule has 1 aliphatic rings. The first kappa shape index (κ1) is 10.5. The second-order valence-corrected chi connectivity index (χ2v) is 4.15. The lowest BCUT2D eigenvalue weighted by molar-refractivity contribution is 0.669. The van der Waals surface area contributed by atoms with Gasteiger partial charge in [-0.05, 0) is 18.1 Å². The minimum Gasteiger partial charge on any atom is -0.370 e. The van der Waals surface area contributed by atoms with Crippen molar-refractivity contribution in [2.24, 2.45) is 0 Å². The number of nitrogens with one attached hydrogen (secondary N) is 1. The molecule has 0 saturated heterocycles. The molecular formula is C13H20N2. The molecule has 0 saturated carbocycles. The number of benzene rings is 1. The number of rotatable bonds is 3. The van der Waals surface area contributed by atoms with Gasteiger partial charge in [-0.15, -0.1) is 0 Å². The molecular weight excluding hydrogens is 184 g/mol. The van der Waals surface area contributed by atoms with Crippen molar-refractivity contribution in [1.82, 2.24) is 5.32 Å². The Labute approximate surface area is 92.3 Å². The van der Waals surface area contributed by atoms with Crippen molar-refractivity contribution < 1.29 is 0 Å². The van der Waals surface area contributed by atoms with Gasteiger partial charge >= 0.3 is 0 Å². The molecule has 1 aromatic rings. The fourth-order valence-electron chi connectivity index (χ4n) is 2.11. The number of fused-ring (bicyclic) bond motifs is 1. The number of para-hydroxylation sites is 1. The third-order valence-electron chi connectivity index (χ3n) is 2.99. The molecule has 1 heterocycles. The number of unbranched alkanes of at least 4 members (excludes halogenated alkanes) is 1. The van der Waals surface area contributed by atoms with E-state index in [2.05, 4.69) is 41.4 Å². The van der Waals surface area contributed by atoms with E-state index >= 15 is 0 Å². The normalized spacial score (nSPS) is 15.9. The van der Waals surface area contributed by atoms with Crippen LogP contribution in [0, 0.1) is 0 Å². The zero-order valence-corrected chi connectivity index (χ0v) is 9.50. The second-order valence-electron chi connectivity index (χ2n) is 4.15. The Morgan fingerprint density at radius 3 is 3.07 bits per heavy atom. The van der Waals surface area contributed by atoms with Crippen molar-refractivity contribution in [2.45, 2.75) is 26.3 Å². The summed E-state index contributed by atoms with van der Waals surface area (Å²) in [7, 11) is 0. The van der Waals surface area contributed by atoms with Crippen LogP contribution in [0.15, 0.2) is 24.3 Å². The summed E-state index contributed by atoms with van der Waals surface area (Å²) in [4.78, 5) is 2.51. The van der Waals surface area contributed by atoms with Crippen LogP contribution in [0.5, 0.6) is 0 Å². The van der Waals surface area contributed by atoms with Gasteiger partial charge in [0, 0.05) is 31.9 Å². The molecule has 82 valence electrons. The Bertz CT molecular complexity index is 309. The van der Waals surface area contributed by atoms with E-state index in [9.17, 15) is 0 Å². The van der Waals surface area contributed by atoms with Crippen molar-refractivity contribution in [1.29, 1.82) is 0 Å². The minimum atomic E-state index is 1.01. The predicted octanol–water partition coefficient (Wildman–Crippen LogP) is 2.40. The first-order valence-electron chi connectivity index (χ1n) is 5.95. The molecule has 0 bridgehead atoms. The van der Waals surface area contributed by atoms with Gasteiger partial charge in [0.15, 0.2) is 0 Å². The minimum absolute atomic E-state index is 1.01. The second kappa shape index (κ2) is 5.17. The molecule has 15 heavy (non-hydrogen) atoms. The van der Waals surface area contributed by atoms with Gasteiger partial charge < -0.3 is 10.2 Å². The summed E-state index contributed by atoms with van der Waals surface area (Å²) in [5.41, 5.74) is 2.86. The Hall–Kier alpha value is -1.02. The van der Waals surface area contributed by atoms with E-state index in [1.165, 1.54) is 30.6 Å². The summed E-state index contributed by atoms with van der Waals surface area (Å²) in [5, 5.41) is 3.47. The van der Waals surface area contributed by atoms with Crippen molar-refractivity contribution in [2.75, 3.05) is 24.5 Å². The topological polar surface area (TPSA) is 15.3 Å². The van der Waals surface area contributed by atoms with Crippen molar-refractivity contribution in [3.8, 4) is 0 Å². The number of hydrogen-bond acceptors (Lipinski definition) is 2. The van der Waals surface area contributed by atoms with Crippen LogP contribution in [0.25, 0.3) is 0 Å². The summed E-state index contributed by atoms with van der Waals surface area (Å²) in [6.07, 6.45) is 2.56. The lowest BCUT2D eigenvalue weighted by atomic mass is 10.1. The lowest BCUT2D eigenvalue weighted by Crippen LogP contribution is -2.29. The fourth-order valence-corrected chi connectivity index (χ4v) is 2.11. The third kappa shape index (κ3) is 2.51. The number of hydrogen-bond donors (Lipinski definition) is 1. The quantitative estimate of drug-likeness (QED) is 0.813. The molecule has 0 atom stereocenters. The van der Waals surface area contributed by atoms with Crippen molar-refractivity contribution in [3.05, 3.63) is 29.8 Å². The van der Waals surface area contributed by atoms with E-state index in [-0.39, 0.29) is 0 Å². The van der Waals surface area contributed by atoms with Gasteiger partial charge in [0.25, 0.3) is 0 Å². The van der Waals surface area contributed by atoms with Gasteiger partial charge in [0.2, 0.25) is 0 Å². The maximum absolute atomic E-state index is 3.47. The van der Waals surface area contributed by atoms with Crippen LogP contribution >= 0.6 is 0 Å². The van der Waals surface area contributed by atoms with Gasteiger partial charge in [0.1, 0.15) is 0 Å². The summed E-state index contributed by atoms with van der Waals surface area (Å²) in [5.74, 6) is 0. The molecule has 2 nitrogen and oxygen atoms in total.